The minimum absolute atomic E-state index is 0. The number of anilines is 1. The van der Waals surface area contributed by atoms with Crippen LogP contribution >= 0.6 is 12.4 Å². The summed E-state index contributed by atoms with van der Waals surface area (Å²) in [5.41, 5.74) is 3.08. The van der Waals surface area contributed by atoms with Crippen LogP contribution in [0.5, 0.6) is 5.75 Å². The summed E-state index contributed by atoms with van der Waals surface area (Å²) >= 11 is 0. The minimum Gasteiger partial charge on any atom is -0.497 e. The van der Waals surface area contributed by atoms with Crippen molar-refractivity contribution in [2.45, 2.75) is 26.3 Å². The molecular weight excluding hydrogens is 324 g/mol. The predicted molar refractivity (Wildman–Crippen MR) is 101 cm³/mol. The number of methoxy groups -OCH3 is 1. The third-order valence-electron chi connectivity index (χ3n) is 3.63. The number of hydrogen-bond donors (Lipinski definition) is 2. The lowest BCUT2D eigenvalue weighted by atomic mass is 10.1. The monoisotopic (exact) mass is 348 g/mol. The van der Waals surface area contributed by atoms with Crippen molar-refractivity contribution in [3.8, 4) is 5.75 Å². The van der Waals surface area contributed by atoms with Crippen LogP contribution in [-0.4, -0.2) is 19.6 Å². The second-order valence-electron chi connectivity index (χ2n) is 5.34. The number of carbonyl (C=O) groups is 1. The van der Waals surface area contributed by atoms with E-state index in [9.17, 15) is 4.79 Å². The van der Waals surface area contributed by atoms with Gasteiger partial charge in [-0.15, -0.1) is 12.4 Å². The van der Waals surface area contributed by atoms with Crippen LogP contribution in [0.2, 0.25) is 0 Å². The molecule has 0 heterocycles. The van der Waals surface area contributed by atoms with Crippen LogP contribution in [0.1, 0.15) is 24.5 Å². The van der Waals surface area contributed by atoms with Crippen molar-refractivity contribution >= 4 is 24.0 Å². The van der Waals surface area contributed by atoms with E-state index >= 15 is 0 Å². The van der Waals surface area contributed by atoms with Gasteiger partial charge in [-0.05, 0) is 42.3 Å². The van der Waals surface area contributed by atoms with Crippen molar-refractivity contribution in [1.82, 2.24) is 5.32 Å². The van der Waals surface area contributed by atoms with Crippen molar-refractivity contribution in [1.29, 1.82) is 0 Å². The molecule has 0 unspecified atom stereocenters. The number of aryl methyl sites for hydroxylation is 1. The van der Waals surface area contributed by atoms with Crippen molar-refractivity contribution in [3.05, 3.63) is 59.7 Å². The summed E-state index contributed by atoms with van der Waals surface area (Å²) in [6.45, 7) is 3.72. The maximum Gasteiger partial charge on any atom is 0.224 e. The third-order valence-corrected chi connectivity index (χ3v) is 3.63. The van der Waals surface area contributed by atoms with E-state index in [-0.39, 0.29) is 18.3 Å². The molecular formula is C19H25ClN2O2. The van der Waals surface area contributed by atoms with E-state index in [0.29, 0.717) is 12.8 Å². The first kappa shape index (κ1) is 20.0. The number of amides is 1. The predicted octanol–water partition coefficient (Wildman–Crippen LogP) is 3.80. The van der Waals surface area contributed by atoms with E-state index < -0.39 is 0 Å². The summed E-state index contributed by atoms with van der Waals surface area (Å²) < 4.78 is 5.20. The van der Waals surface area contributed by atoms with Gasteiger partial charge in [0.1, 0.15) is 5.75 Å². The van der Waals surface area contributed by atoms with Gasteiger partial charge in [-0.3, -0.25) is 4.79 Å². The maximum atomic E-state index is 12.2. The molecule has 24 heavy (non-hydrogen) atoms. The van der Waals surface area contributed by atoms with Gasteiger partial charge in [-0.1, -0.05) is 37.3 Å². The molecule has 0 bridgehead atoms. The number of nitrogens with one attached hydrogen (secondary N) is 2. The molecule has 0 fully saturated rings. The fourth-order valence-corrected chi connectivity index (χ4v) is 2.35. The van der Waals surface area contributed by atoms with Gasteiger partial charge in [0.2, 0.25) is 5.91 Å². The average Bonchev–Trinajstić information content (AvgIpc) is 2.59. The van der Waals surface area contributed by atoms with E-state index in [1.165, 1.54) is 0 Å². The highest BCUT2D eigenvalue weighted by molar-refractivity contribution is 5.91. The molecule has 0 saturated carbocycles. The summed E-state index contributed by atoms with van der Waals surface area (Å²) in [5.74, 6) is 0.843. The zero-order valence-electron chi connectivity index (χ0n) is 14.2. The Morgan fingerprint density at radius 3 is 2.67 bits per heavy atom. The molecule has 0 spiro atoms. The van der Waals surface area contributed by atoms with Gasteiger partial charge < -0.3 is 15.4 Å². The quantitative estimate of drug-likeness (QED) is 0.763. The van der Waals surface area contributed by atoms with Crippen LogP contribution in [0.15, 0.2) is 48.5 Å². The molecule has 0 saturated heterocycles. The molecule has 2 N–H and O–H groups in total. The zero-order valence-corrected chi connectivity index (χ0v) is 15.0. The fraction of sp³-hybridized carbons (Fsp3) is 0.316. The largest absolute Gasteiger partial charge is 0.497 e. The normalized spacial score (nSPS) is 9.92. The van der Waals surface area contributed by atoms with Gasteiger partial charge in [0.25, 0.3) is 0 Å². The van der Waals surface area contributed by atoms with Crippen LogP contribution < -0.4 is 15.4 Å². The lowest BCUT2D eigenvalue weighted by Gasteiger charge is -2.11. The summed E-state index contributed by atoms with van der Waals surface area (Å²) in [5, 5.41) is 6.29. The lowest BCUT2D eigenvalue weighted by molar-refractivity contribution is -0.116. The summed E-state index contributed by atoms with van der Waals surface area (Å²) in [6.07, 6.45) is 1.14. The summed E-state index contributed by atoms with van der Waals surface area (Å²) in [4.78, 5) is 12.2. The molecule has 2 aromatic rings. The van der Waals surface area contributed by atoms with Crippen LogP contribution in [-0.2, 0) is 17.8 Å². The zero-order chi connectivity index (χ0) is 16.5. The highest BCUT2D eigenvalue weighted by Crippen LogP contribution is 2.17. The Balaban J connectivity index is 0.00000288. The molecule has 0 atom stereocenters. The second-order valence-corrected chi connectivity index (χ2v) is 5.34. The molecule has 0 aliphatic carbocycles. The minimum atomic E-state index is 0. The Bertz CT molecular complexity index is 647. The highest BCUT2D eigenvalue weighted by atomic mass is 35.5. The number of ether oxygens (including phenoxy) is 1. The van der Waals surface area contributed by atoms with Crippen molar-refractivity contribution in [3.63, 3.8) is 0 Å². The SMILES string of the molecule is CCNCc1ccccc1NC(=O)CCc1cccc(OC)c1.Cl. The van der Waals surface area contributed by atoms with E-state index in [1.54, 1.807) is 7.11 Å². The van der Waals surface area contributed by atoms with E-state index in [4.69, 9.17) is 4.74 Å². The van der Waals surface area contributed by atoms with Crippen molar-refractivity contribution in [2.75, 3.05) is 19.0 Å². The molecule has 1 amide bonds. The van der Waals surface area contributed by atoms with Gasteiger partial charge in [0, 0.05) is 18.7 Å². The standard InChI is InChI=1S/C19H24N2O2.ClH/c1-3-20-14-16-8-4-5-10-18(16)21-19(22)12-11-15-7-6-9-17(13-15)23-2;/h4-10,13,20H,3,11-12,14H2,1-2H3,(H,21,22);1H. The molecule has 2 aromatic carbocycles. The molecule has 4 nitrogen and oxygen atoms in total. The van der Waals surface area contributed by atoms with Gasteiger partial charge in [-0.25, -0.2) is 0 Å². The first-order chi connectivity index (χ1) is 11.2. The third kappa shape index (κ3) is 6.22. The maximum absolute atomic E-state index is 12.2. The summed E-state index contributed by atoms with van der Waals surface area (Å²) in [6, 6.07) is 15.7. The highest BCUT2D eigenvalue weighted by Gasteiger charge is 2.07. The molecule has 130 valence electrons. The van der Waals surface area contributed by atoms with Gasteiger partial charge in [-0.2, -0.15) is 0 Å². The van der Waals surface area contributed by atoms with Crippen molar-refractivity contribution in [2.24, 2.45) is 0 Å². The molecule has 0 aliphatic heterocycles. The lowest BCUT2D eigenvalue weighted by Crippen LogP contribution is -2.17. The van der Waals surface area contributed by atoms with Gasteiger partial charge in [0.05, 0.1) is 7.11 Å². The molecule has 2 rings (SSSR count). The number of halogens is 1. The van der Waals surface area contributed by atoms with Crippen LogP contribution in [0.3, 0.4) is 0 Å². The Morgan fingerprint density at radius 1 is 1.12 bits per heavy atom. The molecule has 5 heteroatoms. The van der Waals surface area contributed by atoms with Crippen molar-refractivity contribution < 1.29 is 9.53 Å². The molecule has 0 radical (unpaired) electrons. The number of carbonyl (C=O) groups excluding carboxylic acids is 1. The summed E-state index contributed by atoms with van der Waals surface area (Å²) in [7, 11) is 1.65. The van der Waals surface area contributed by atoms with Crippen LogP contribution in [0.4, 0.5) is 5.69 Å². The Kier molecular flexibility index (Phi) is 8.90. The van der Waals surface area contributed by atoms with E-state index in [0.717, 1.165) is 35.7 Å². The number of para-hydroxylation sites is 1. The van der Waals surface area contributed by atoms with Crippen LogP contribution in [0, 0.1) is 0 Å². The average molecular weight is 349 g/mol. The fourth-order valence-electron chi connectivity index (χ4n) is 2.35. The number of rotatable bonds is 8. The topological polar surface area (TPSA) is 50.4 Å². The first-order valence-corrected chi connectivity index (χ1v) is 7.94. The van der Waals surface area contributed by atoms with E-state index in [1.807, 2.05) is 48.5 Å². The Labute approximate surface area is 150 Å². The Hall–Kier alpha value is -2.04. The molecule has 0 aromatic heterocycles. The van der Waals surface area contributed by atoms with Gasteiger partial charge >= 0.3 is 0 Å². The van der Waals surface area contributed by atoms with E-state index in [2.05, 4.69) is 17.6 Å². The first-order valence-electron chi connectivity index (χ1n) is 7.94. The smallest absolute Gasteiger partial charge is 0.224 e. The van der Waals surface area contributed by atoms with Gasteiger partial charge in [0.15, 0.2) is 0 Å². The van der Waals surface area contributed by atoms with Crippen LogP contribution in [0.25, 0.3) is 0 Å². The second kappa shape index (κ2) is 10.7. The number of hydrogen-bond acceptors (Lipinski definition) is 3. The molecule has 0 aliphatic rings. The Morgan fingerprint density at radius 2 is 1.92 bits per heavy atom. The number of benzene rings is 2.